The van der Waals surface area contributed by atoms with Crippen molar-refractivity contribution in [3.05, 3.63) is 51.0 Å². The fourth-order valence-electron chi connectivity index (χ4n) is 2.03. The van der Waals surface area contributed by atoms with Crippen molar-refractivity contribution in [1.29, 1.82) is 0 Å². The number of halogens is 2. The van der Waals surface area contributed by atoms with Crippen molar-refractivity contribution < 1.29 is 19.4 Å². The van der Waals surface area contributed by atoms with Gasteiger partial charge in [-0.3, -0.25) is 0 Å². The van der Waals surface area contributed by atoms with Crippen molar-refractivity contribution in [2.24, 2.45) is 0 Å². The summed E-state index contributed by atoms with van der Waals surface area (Å²) in [5.74, 6) is 0.216. The summed E-state index contributed by atoms with van der Waals surface area (Å²) in [6.07, 6.45) is 0. The summed E-state index contributed by atoms with van der Waals surface area (Å²) in [6.45, 7) is 0.504. The first-order valence-electron chi connectivity index (χ1n) is 6.63. The van der Waals surface area contributed by atoms with Crippen LogP contribution in [-0.2, 0) is 6.54 Å². The molecule has 0 aliphatic heterocycles. The number of carboxylic acid groups (broad SMARTS) is 1. The average molecular weight is 401 g/mol. The Labute approximate surface area is 147 Å². The Balaban J connectivity index is 2.18. The van der Waals surface area contributed by atoms with E-state index in [9.17, 15) is 4.79 Å². The van der Waals surface area contributed by atoms with Crippen LogP contribution in [-0.4, -0.2) is 25.3 Å². The van der Waals surface area contributed by atoms with Gasteiger partial charge in [0, 0.05) is 16.7 Å². The smallest absolute Gasteiger partial charge is 0.337 e. The van der Waals surface area contributed by atoms with Gasteiger partial charge in [-0.05, 0) is 35.9 Å². The number of ether oxygens (including phenoxy) is 2. The zero-order chi connectivity index (χ0) is 17.0. The molecule has 0 saturated heterocycles. The Bertz CT molecular complexity index is 736. The molecule has 2 aromatic rings. The van der Waals surface area contributed by atoms with Crippen molar-refractivity contribution in [2.45, 2.75) is 6.54 Å². The van der Waals surface area contributed by atoms with Crippen LogP contribution < -0.4 is 14.8 Å². The lowest BCUT2D eigenvalue weighted by molar-refractivity contribution is 0.0697. The van der Waals surface area contributed by atoms with E-state index in [1.54, 1.807) is 26.4 Å². The van der Waals surface area contributed by atoms with Gasteiger partial charge >= 0.3 is 5.97 Å². The summed E-state index contributed by atoms with van der Waals surface area (Å²) in [5, 5.41) is 12.4. The largest absolute Gasteiger partial charge is 0.493 e. The predicted octanol–water partition coefficient (Wildman–Crippen LogP) is 4.43. The molecule has 2 rings (SSSR count). The van der Waals surface area contributed by atoms with E-state index in [1.807, 2.05) is 12.1 Å². The molecule has 0 bridgehead atoms. The van der Waals surface area contributed by atoms with Crippen LogP contribution in [0.2, 0.25) is 5.02 Å². The van der Waals surface area contributed by atoms with Gasteiger partial charge in [0.05, 0.1) is 24.8 Å². The summed E-state index contributed by atoms with van der Waals surface area (Å²) in [5.41, 5.74) is 1.76. The third-order valence-electron chi connectivity index (χ3n) is 3.24. The second-order valence-corrected chi connectivity index (χ2v) is 5.91. The minimum atomic E-state index is -1.05. The second kappa shape index (κ2) is 7.57. The van der Waals surface area contributed by atoms with Gasteiger partial charge in [-0.15, -0.1) is 0 Å². The highest BCUT2D eigenvalue weighted by molar-refractivity contribution is 9.10. The van der Waals surface area contributed by atoms with Crippen LogP contribution in [0.3, 0.4) is 0 Å². The summed E-state index contributed by atoms with van der Waals surface area (Å²) < 4.78 is 11.4. The van der Waals surface area contributed by atoms with Crippen molar-refractivity contribution in [2.75, 3.05) is 19.5 Å². The van der Waals surface area contributed by atoms with Crippen molar-refractivity contribution in [1.82, 2.24) is 0 Å². The Morgan fingerprint density at radius 3 is 2.43 bits per heavy atom. The number of benzene rings is 2. The van der Waals surface area contributed by atoms with Crippen molar-refractivity contribution >= 4 is 39.2 Å². The standard InChI is InChI=1S/C16H15BrClNO4/c1-22-14-5-9(12(17)7-15(14)23-2)8-19-10-3-4-11(16(20)21)13(18)6-10/h3-7,19H,8H2,1-2H3,(H,20,21). The molecule has 122 valence electrons. The van der Waals surface area contributed by atoms with Crippen LogP contribution >= 0.6 is 27.5 Å². The number of carboxylic acids is 1. The molecule has 0 unspecified atom stereocenters. The van der Waals surface area contributed by atoms with Crippen LogP contribution in [0.1, 0.15) is 15.9 Å². The number of carbonyl (C=O) groups is 1. The highest BCUT2D eigenvalue weighted by atomic mass is 79.9. The lowest BCUT2D eigenvalue weighted by Gasteiger charge is -2.13. The van der Waals surface area contributed by atoms with E-state index < -0.39 is 5.97 Å². The van der Waals surface area contributed by atoms with E-state index >= 15 is 0 Å². The van der Waals surface area contributed by atoms with Crippen molar-refractivity contribution in [3.63, 3.8) is 0 Å². The van der Waals surface area contributed by atoms with Crippen LogP contribution in [0.4, 0.5) is 5.69 Å². The van der Waals surface area contributed by atoms with Crippen LogP contribution in [0, 0.1) is 0 Å². The molecule has 0 radical (unpaired) electrons. The van der Waals surface area contributed by atoms with E-state index in [0.29, 0.717) is 18.0 Å². The summed E-state index contributed by atoms with van der Waals surface area (Å²) >= 11 is 9.45. The van der Waals surface area contributed by atoms with Gasteiger partial charge < -0.3 is 19.9 Å². The molecular formula is C16H15BrClNO4. The van der Waals surface area contributed by atoms with Gasteiger partial charge in [0.25, 0.3) is 0 Å². The third kappa shape index (κ3) is 4.09. The first-order valence-corrected chi connectivity index (χ1v) is 7.80. The van der Waals surface area contributed by atoms with Crippen LogP contribution in [0.5, 0.6) is 11.5 Å². The zero-order valence-corrected chi connectivity index (χ0v) is 14.9. The first-order chi connectivity index (χ1) is 11.0. The molecule has 2 aromatic carbocycles. The molecule has 0 atom stereocenters. The van der Waals surface area contributed by atoms with Gasteiger partial charge in [0.15, 0.2) is 11.5 Å². The molecule has 0 aliphatic rings. The Kier molecular flexibility index (Phi) is 5.74. The van der Waals surface area contributed by atoms with E-state index in [2.05, 4.69) is 21.2 Å². The Hall–Kier alpha value is -1.92. The Morgan fingerprint density at radius 2 is 1.87 bits per heavy atom. The van der Waals surface area contributed by atoms with E-state index in [0.717, 1.165) is 15.7 Å². The number of anilines is 1. The average Bonchev–Trinajstić information content (AvgIpc) is 2.53. The van der Waals surface area contributed by atoms with Gasteiger partial charge in [0.1, 0.15) is 0 Å². The molecule has 0 spiro atoms. The van der Waals surface area contributed by atoms with E-state index in [4.69, 9.17) is 26.2 Å². The van der Waals surface area contributed by atoms with Gasteiger partial charge in [0.2, 0.25) is 0 Å². The number of nitrogens with one attached hydrogen (secondary N) is 1. The van der Waals surface area contributed by atoms with Gasteiger partial charge in [-0.2, -0.15) is 0 Å². The quantitative estimate of drug-likeness (QED) is 0.751. The second-order valence-electron chi connectivity index (χ2n) is 4.65. The van der Waals surface area contributed by atoms with E-state index in [1.165, 1.54) is 6.07 Å². The number of rotatable bonds is 6. The maximum Gasteiger partial charge on any atom is 0.337 e. The fraction of sp³-hybridized carbons (Fsp3) is 0.188. The first kappa shape index (κ1) is 17.4. The molecule has 7 heteroatoms. The highest BCUT2D eigenvalue weighted by Crippen LogP contribution is 2.33. The topological polar surface area (TPSA) is 67.8 Å². The van der Waals surface area contributed by atoms with Gasteiger partial charge in [-0.25, -0.2) is 4.79 Å². The van der Waals surface area contributed by atoms with Crippen LogP contribution in [0.25, 0.3) is 0 Å². The monoisotopic (exact) mass is 399 g/mol. The molecular weight excluding hydrogens is 386 g/mol. The molecule has 0 fully saturated rings. The lowest BCUT2D eigenvalue weighted by atomic mass is 10.1. The van der Waals surface area contributed by atoms with Crippen LogP contribution in [0.15, 0.2) is 34.8 Å². The molecule has 0 amide bonds. The minimum Gasteiger partial charge on any atom is -0.493 e. The normalized spacial score (nSPS) is 10.3. The fourth-order valence-corrected chi connectivity index (χ4v) is 2.75. The molecule has 23 heavy (non-hydrogen) atoms. The highest BCUT2D eigenvalue weighted by Gasteiger charge is 2.11. The molecule has 0 saturated carbocycles. The molecule has 5 nitrogen and oxygen atoms in total. The minimum absolute atomic E-state index is 0.0736. The molecule has 0 aliphatic carbocycles. The summed E-state index contributed by atoms with van der Waals surface area (Å²) in [4.78, 5) is 11.0. The third-order valence-corrected chi connectivity index (χ3v) is 4.29. The maximum absolute atomic E-state index is 11.0. The lowest BCUT2D eigenvalue weighted by Crippen LogP contribution is -2.03. The van der Waals surface area contributed by atoms with Crippen molar-refractivity contribution in [3.8, 4) is 11.5 Å². The zero-order valence-electron chi connectivity index (χ0n) is 12.5. The summed E-state index contributed by atoms with van der Waals surface area (Å²) in [6, 6.07) is 8.42. The molecule has 0 heterocycles. The number of hydrogen-bond donors (Lipinski definition) is 2. The predicted molar refractivity (Wildman–Crippen MR) is 93.0 cm³/mol. The SMILES string of the molecule is COc1cc(Br)c(CNc2ccc(C(=O)O)c(Cl)c2)cc1OC. The number of hydrogen-bond acceptors (Lipinski definition) is 4. The molecule has 2 N–H and O–H groups in total. The number of aromatic carboxylic acids is 1. The van der Waals surface area contributed by atoms with Gasteiger partial charge in [-0.1, -0.05) is 27.5 Å². The van der Waals surface area contributed by atoms with E-state index in [-0.39, 0.29) is 10.6 Å². The summed E-state index contributed by atoms with van der Waals surface area (Å²) in [7, 11) is 3.15. The number of methoxy groups -OCH3 is 2. The maximum atomic E-state index is 11.0. The Morgan fingerprint density at radius 1 is 1.22 bits per heavy atom. The molecule has 0 aromatic heterocycles.